The van der Waals surface area contributed by atoms with E-state index in [0.29, 0.717) is 0 Å². The largest absolute Gasteiger partial charge is 0.507 e. The molecule has 1 heterocycles. The van der Waals surface area contributed by atoms with Gasteiger partial charge in [-0.25, -0.2) is 9.97 Å². The molecule has 0 amide bonds. The van der Waals surface area contributed by atoms with Crippen LogP contribution in [-0.2, 0) is 0 Å². The van der Waals surface area contributed by atoms with E-state index in [2.05, 4.69) is 91.4 Å². The Hall–Kier alpha value is -3.93. The van der Waals surface area contributed by atoms with Gasteiger partial charge in [0.2, 0.25) is 5.95 Å². The lowest BCUT2D eigenvalue weighted by Gasteiger charge is -2.41. The number of aryl methyl sites for hydroxylation is 1. The SMILES string of the molecule is C=C(c1ccccc1C(C)/C=C(/O)C=NC)N(c1ccc(-c2cnc(N)nc2)cc1C)C(C)(C)C. The molecule has 3 N–H and O–H groups in total. The molecule has 0 radical (unpaired) electrons. The summed E-state index contributed by atoms with van der Waals surface area (Å²) >= 11 is 0. The highest BCUT2D eigenvalue weighted by atomic mass is 16.3. The number of aliphatic imine (C=N–C) groups is 1. The smallest absolute Gasteiger partial charge is 0.219 e. The van der Waals surface area contributed by atoms with Gasteiger partial charge in [0.15, 0.2) is 0 Å². The average Bonchev–Trinajstić information content (AvgIpc) is 2.80. The summed E-state index contributed by atoms with van der Waals surface area (Å²) in [5.41, 5.74) is 12.5. The second kappa shape index (κ2) is 10.6. The first-order chi connectivity index (χ1) is 16.5. The normalized spacial score (nSPS) is 13.1. The zero-order chi connectivity index (χ0) is 25.8. The first-order valence-electron chi connectivity index (χ1n) is 11.6. The molecule has 3 aromatic rings. The maximum atomic E-state index is 10.2. The number of nitrogens with two attached hydrogens (primary N) is 1. The molecular weight excluding hydrogens is 434 g/mol. The molecule has 6 nitrogen and oxygen atoms in total. The molecule has 0 bridgehead atoms. The Kier molecular flexibility index (Phi) is 7.75. The van der Waals surface area contributed by atoms with Crippen molar-refractivity contribution in [1.29, 1.82) is 0 Å². The van der Waals surface area contributed by atoms with Crippen LogP contribution in [0.1, 0.15) is 50.3 Å². The van der Waals surface area contributed by atoms with Gasteiger partial charge in [-0.05, 0) is 62.6 Å². The molecule has 182 valence electrons. The number of hydrogen-bond acceptors (Lipinski definition) is 6. The Balaban J connectivity index is 2.06. The Morgan fingerprint density at radius 1 is 1.11 bits per heavy atom. The Bertz CT molecular complexity index is 1250. The average molecular weight is 470 g/mol. The van der Waals surface area contributed by atoms with Crippen LogP contribution < -0.4 is 10.6 Å². The fourth-order valence-electron chi connectivity index (χ4n) is 4.28. The van der Waals surface area contributed by atoms with Gasteiger partial charge in [0.1, 0.15) is 5.76 Å². The maximum absolute atomic E-state index is 10.2. The maximum Gasteiger partial charge on any atom is 0.219 e. The Morgan fingerprint density at radius 3 is 2.37 bits per heavy atom. The van der Waals surface area contributed by atoms with Crippen LogP contribution in [0.3, 0.4) is 0 Å². The van der Waals surface area contributed by atoms with E-state index in [1.165, 1.54) is 6.21 Å². The summed E-state index contributed by atoms with van der Waals surface area (Å²) in [6, 6.07) is 14.5. The molecule has 0 aliphatic carbocycles. The number of aromatic nitrogens is 2. The topological polar surface area (TPSA) is 87.6 Å². The molecular formula is C29H35N5O. The minimum Gasteiger partial charge on any atom is -0.507 e. The van der Waals surface area contributed by atoms with Crippen LogP contribution in [0.15, 0.2) is 78.3 Å². The highest BCUT2D eigenvalue weighted by molar-refractivity contribution is 5.84. The number of aliphatic hydroxyl groups excluding tert-OH is 1. The van der Waals surface area contributed by atoms with Gasteiger partial charge < -0.3 is 15.7 Å². The van der Waals surface area contributed by atoms with Gasteiger partial charge in [-0.15, -0.1) is 0 Å². The Morgan fingerprint density at radius 2 is 1.77 bits per heavy atom. The van der Waals surface area contributed by atoms with Crippen LogP contribution in [0.25, 0.3) is 16.8 Å². The molecule has 3 rings (SSSR count). The van der Waals surface area contributed by atoms with Crippen molar-refractivity contribution in [3.63, 3.8) is 0 Å². The van der Waals surface area contributed by atoms with Crippen molar-refractivity contribution in [2.75, 3.05) is 17.7 Å². The number of nitrogens with zero attached hydrogens (tertiary/aromatic N) is 4. The predicted molar refractivity (Wildman–Crippen MR) is 148 cm³/mol. The van der Waals surface area contributed by atoms with Crippen LogP contribution in [-0.4, -0.2) is 33.9 Å². The molecule has 0 saturated carbocycles. The lowest BCUT2D eigenvalue weighted by Crippen LogP contribution is -2.40. The van der Waals surface area contributed by atoms with Crippen LogP contribution in [0, 0.1) is 6.92 Å². The van der Waals surface area contributed by atoms with E-state index in [0.717, 1.165) is 39.2 Å². The van der Waals surface area contributed by atoms with E-state index < -0.39 is 0 Å². The lowest BCUT2D eigenvalue weighted by atomic mass is 9.91. The summed E-state index contributed by atoms with van der Waals surface area (Å²) < 4.78 is 0. The van der Waals surface area contributed by atoms with Crippen molar-refractivity contribution in [2.24, 2.45) is 4.99 Å². The quantitative estimate of drug-likeness (QED) is 0.302. The van der Waals surface area contributed by atoms with E-state index in [1.807, 2.05) is 12.1 Å². The van der Waals surface area contributed by atoms with Crippen molar-refractivity contribution >= 4 is 23.5 Å². The third kappa shape index (κ3) is 5.96. The summed E-state index contributed by atoms with van der Waals surface area (Å²) in [5.74, 6) is 0.373. The van der Waals surface area contributed by atoms with Crippen molar-refractivity contribution < 1.29 is 5.11 Å². The van der Waals surface area contributed by atoms with Crippen molar-refractivity contribution in [3.05, 3.63) is 90.0 Å². The fourth-order valence-corrected chi connectivity index (χ4v) is 4.28. The number of nitrogen functional groups attached to an aromatic ring is 1. The number of hydrogen-bond donors (Lipinski definition) is 2. The van der Waals surface area contributed by atoms with Crippen molar-refractivity contribution in [1.82, 2.24) is 9.97 Å². The third-order valence-electron chi connectivity index (χ3n) is 5.83. The highest BCUT2D eigenvalue weighted by Crippen LogP contribution is 2.38. The van der Waals surface area contributed by atoms with Crippen LogP contribution in [0.4, 0.5) is 11.6 Å². The summed E-state index contributed by atoms with van der Waals surface area (Å²) in [6.07, 6.45) is 6.73. The van der Waals surface area contributed by atoms with Gasteiger partial charge in [0.05, 0.1) is 6.21 Å². The van der Waals surface area contributed by atoms with Gasteiger partial charge in [0, 0.05) is 53.4 Å². The molecule has 0 saturated heterocycles. The van der Waals surface area contributed by atoms with Crippen LogP contribution in [0.5, 0.6) is 0 Å². The van der Waals surface area contributed by atoms with Crippen LogP contribution >= 0.6 is 0 Å². The lowest BCUT2D eigenvalue weighted by molar-refractivity contribution is 0.442. The molecule has 0 spiro atoms. The third-order valence-corrected chi connectivity index (χ3v) is 5.83. The first-order valence-corrected chi connectivity index (χ1v) is 11.6. The zero-order valence-electron chi connectivity index (χ0n) is 21.4. The molecule has 35 heavy (non-hydrogen) atoms. The molecule has 1 atom stereocenters. The highest BCUT2D eigenvalue weighted by Gasteiger charge is 2.28. The van der Waals surface area contributed by atoms with Gasteiger partial charge in [-0.3, -0.25) is 4.99 Å². The first kappa shape index (κ1) is 25.7. The van der Waals surface area contributed by atoms with Crippen molar-refractivity contribution in [3.8, 4) is 11.1 Å². The predicted octanol–water partition coefficient (Wildman–Crippen LogP) is 6.56. The standard InChI is InChI=1S/C29H35N5O/c1-19(15-24(35)18-31-7)25-10-8-9-11-26(25)21(3)34(29(4,5)6)27-13-12-22(14-20(27)2)23-16-32-28(30)33-17-23/h8-19,35H,3H2,1-2,4-7H3,(H2,30,32,33)/b24-15+,31-18?. The number of rotatable bonds is 7. The summed E-state index contributed by atoms with van der Waals surface area (Å²) in [4.78, 5) is 14.4. The minimum absolute atomic E-state index is 0.0308. The molecule has 2 aromatic carbocycles. The van der Waals surface area contributed by atoms with Crippen LogP contribution in [0.2, 0.25) is 0 Å². The van der Waals surface area contributed by atoms with E-state index in [1.54, 1.807) is 25.5 Å². The minimum atomic E-state index is -0.239. The second-order valence-corrected chi connectivity index (χ2v) is 9.64. The monoisotopic (exact) mass is 469 g/mol. The molecule has 1 aromatic heterocycles. The van der Waals surface area contributed by atoms with Crippen molar-refractivity contribution in [2.45, 2.75) is 46.1 Å². The molecule has 0 aliphatic rings. The van der Waals surface area contributed by atoms with Gasteiger partial charge >= 0.3 is 0 Å². The summed E-state index contributed by atoms with van der Waals surface area (Å²) in [5, 5.41) is 10.2. The molecule has 0 fully saturated rings. The fraction of sp³-hybridized carbons (Fsp3) is 0.276. The van der Waals surface area contributed by atoms with E-state index >= 15 is 0 Å². The van der Waals surface area contributed by atoms with E-state index in [-0.39, 0.29) is 23.2 Å². The van der Waals surface area contributed by atoms with E-state index in [4.69, 9.17) is 5.73 Å². The van der Waals surface area contributed by atoms with E-state index in [9.17, 15) is 5.11 Å². The molecule has 0 aliphatic heterocycles. The summed E-state index contributed by atoms with van der Waals surface area (Å²) in [7, 11) is 1.64. The number of anilines is 2. The second-order valence-electron chi connectivity index (χ2n) is 9.64. The number of allylic oxidation sites excluding steroid dienone is 2. The molecule has 6 heteroatoms. The van der Waals surface area contributed by atoms with Gasteiger partial charge in [0.25, 0.3) is 0 Å². The zero-order valence-corrected chi connectivity index (χ0v) is 21.4. The molecule has 1 unspecified atom stereocenters. The van der Waals surface area contributed by atoms with Gasteiger partial charge in [-0.2, -0.15) is 0 Å². The number of aliphatic hydroxyl groups is 1. The van der Waals surface area contributed by atoms with Gasteiger partial charge in [-0.1, -0.05) is 43.8 Å². The Labute approximate surface area is 208 Å². The number of benzene rings is 2. The summed E-state index contributed by atoms with van der Waals surface area (Å²) in [6.45, 7) is 15.2.